The Hall–Kier alpha value is -2.12. The van der Waals surface area contributed by atoms with Gasteiger partial charge in [-0.3, -0.25) is 0 Å². The summed E-state index contributed by atoms with van der Waals surface area (Å²) in [4.78, 5) is 0. The Balaban J connectivity index is 2.23. The highest BCUT2D eigenvalue weighted by atomic mass is 28.3. The van der Waals surface area contributed by atoms with Crippen LogP contribution in [-0.4, -0.2) is 8.80 Å². The molecule has 0 bridgehead atoms. The van der Waals surface area contributed by atoms with Crippen LogP contribution in [0.2, 0.25) is 0 Å². The normalized spacial score (nSPS) is 10.9. The molecule has 0 fully saturated rings. The van der Waals surface area contributed by atoms with E-state index in [0.29, 0.717) is 0 Å². The van der Waals surface area contributed by atoms with E-state index in [-0.39, 0.29) is 0 Å². The molecule has 0 saturated heterocycles. The van der Waals surface area contributed by atoms with Gasteiger partial charge in [0.2, 0.25) is 0 Å². The minimum absolute atomic E-state index is 1.36. The lowest BCUT2D eigenvalue weighted by Crippen LogP contribution is -2.53. The van der Waals surface area contributed by atoms with Crippen molar-refractivity contribution in [3.05, 3.63) is 89.5 Å². The molecule has 0 aliphatic carbocycles. The molecule has 22 heavy (non-hydrogen) atoms. The van der Waals surface area contributed by atoms with E-state index in [1.807, 2.05) is 0 Å². The molecule has 0 saturated carbocycles. The zero-order valence-electron chi connectivity index (χ0n) is 13.5. The minimum Gasteiger partial charge on any atom is -0.0625 e. The predicted octanol–water partition coefficient (Wildman–Crippen LogP) is 2.86. The van der Waals surface area contributed by atoms with Crippen LogP contribution in [0.1, 0.15) is 16.7 Å². The third kappa shape index (κ3) is 2.90. The van der Waals surface area contributed by atoms with Gasteiger partial charge in [-0.25, -0.2) is 0 Å². The van der Waals surface area contributed by atoms with Crippen LogP contribution in [-0.2, 0) is 0 Å². The van der Waals surface area contributed by atoms with Gasteiger partial charge in [0, 0.05) is 0 Å². The fourth-order valence-electron chi connectivity index (χ4n) is 3.22. The Morgan fingerprint density at radius 1 is 0.636 bits per heavy atom. The third-order valence-corrected chi connectivity index (χ3v) is 7.75. The van der Waals surface area contributed by atoms with Gasteiger partial charge in [-0.15, -0.1) is 0 Å². The Morgan fingerprint density at radius 2 is 1.14 bits per heavy atom. The highest BCUT2D eigenvalue weighted by Crippen LogP contribution is 2.09. The molecule has 0 aromatic heterocycles. The smallest absolute Gasteiger partial charge is 0.0625 e. The number of hydrogen-bond donors (Lipinski definition) is 0. The predicted molar refractivity (Wildman–Crippen MR) is 99.6 cm³/mol. The van der Waals surface area contributed by atoms with Crippen LogP contribution in [0.15, 0.2) is 72.8 Å². The lowest BCUT2D eigenvalue weighted by Gasteiger charge is -2.21. The average molecular weight is 302 g/mol. The average Bonchev–Trinajstić information content (AvgIpc) is 2.54. The van der Waals surface area contributed by atoms with Crippen LogP contribution >= 0.6 is 0 Å². The van der Waals surface area contributed by atoms with Crippen molar-refractivity contribution < 1.29 is 0 Å². The summed E-state index contributed by atoms with van der Waals surface area (Å²) in [6.45, 7) is 6.71. The first-order chi connectivity index (χ1) is 10.7. The van der Waals surface area contributed by atoms with E-state index >= 15 is 0 Å². The number of benzene rings is 3. The van der Waals surface area contributed by atoms with E-state index in [9.17, 15) is 0 Å². The molecule has 0 unspecified atom stereocenters. The van der Waals surface area contributed by atoms with Crippen molar-refractivity contribution in [1.29, 1.82) is 0 Å². The van der Waals surface area contributed by atoms with Crippen molar-refractivity contribution in [2.75, 3.05) is 0 Å². The molecule has 0 aliphatic rings. The Morgan fingerprint density at radius 3 is 1.64 bits per heavy atom. The van der Waals surface area contributed by atoms with E-state index in [1.54, 1.807) is 5.19 Å². The Kier molecular flexibility index (Phi) is 4.26. The molecular formula is C21H22Si. The van der Waals surface area contributed by atoms with Gasteiger partial charge in [-0.1, -0.05) is 88.7 Å². The van der Waals surface area contributed by atoms with Crippen molar-refractivity contribution in [3.8, 4) is 0 Å². The molecule has 0 spiro atoms. The van der Waals surface area contributed by atoms with Gasteiger partial charge in [0.1, 0.15) is 8.80 Å². The van der Waals surface area contributed by atoms with Crippen LogP contribution in [0.25, 0.3) is 0 Å². The molecule has 110 valence electrons. The number of hydrogen-bond acceptors (Lipinski definition) is 0. The summed E-state index contributed by atoms with van der Waals surface area (Å²) in [5.74, 6) is 0. The molecular weight excluding hydrogens is 280 g/mol. The first-order valence-electron chi connectivity index (χ1n) is 7.84. The van der Waals surface area contributed by atoms with E-state index in [1.165, 1.54) is 27.1 Å². The molecule has 0 aliphatic heterocycles. The maximum Gasteiger partial charge on any atom is 0.133 e. The Bertz CT molecular complexity index is 721. The van der Waals surface area contributed by atoms with Crippen molar-refractivity contribution in [2.24, 2.45) is 0 Å². The van der Waals surface area contributed by atoms with Crippen LogP contribution in [0, 0.1) is 20.8 Å². The maximum atomic E-state index is 2.40. The summed E-state index contributed by atoms with van der Waals surface area (Å²) in [5, 5.41) is 4.53. The van der Waals surface area contributed by atoms with E-state index < -0.39 is 8.80 Å². The summed E-state index contributed by atoms with van der Waals surface area (Å²) >= 11 is 0. The second kappa shape index (κ2) is 6.33. The van der Waals surface area contributed by atoms with Crippen LogP contribution in [0.4, 0.5) is 0 Å². The summed E-state index contributed by atoms with van der Waals surface area (Å²) < 4.78 is 0. The van der Waals surface area contributed by atoms with Crippen LogP contribution in [0.3, 0.4) is 0 Å². The first kappa shape index (κ1) is 14.8. The van der Waals surface area contributed by atoms with Crippen molar-refractivity contribution in [3.63, 3.8) is 0 Å². The van der Waals surface area contributed by atoms with E-state index in [0.717, 1.165) is 0 Å². The topological polar surface area (TPSA) is 0 Å². The number of aryl methyl sites for hydroxylation is 2. The zero-order chi connectivity index (χ0) is 15.5. The Labute approximate surface area is 135 Å². The molecule has 0 amide bonds. The molecule has 0 atom stereocenters. The van der Waals surface area contributed by atoms with Gasteiger partial charge in [0.05, 0.1) is 0 Å². The molecule has 3 aromatic carbocycles. The van der Waals surface area contributed by atoms with Gasteiger partial charge in [0.15, 0.2) is 0 Å². The first-order valence-corrected chi connectivity index (χ1v) is 9.57. The summed E-state index contributed by atoms with van der Waals surface area (Å²) in [5.41, 5.74) is 4.22. The third-order valence-electron chi connectivity index (χ3n) is 4.43. The second-order valence-electron chi connectivity index (χ2n) is 6.05. The van der Waals surface area contributed by atoms with Crippen LogP contribution < -0.4 is 15.6 Å². The molecule has 3 rings (SSSR count). The second-order valence-corrected chi connectivity index (χ2v) is 8.87. The quantitative estimate of drug-likeness (QED) is 0.515. The highest BCUT2D eigenvalue weighted by Gasteiger charge is 2.21. The van der Waals surface area contributed by atoms with E-state index in [4.69, 9.17) is 0 Å². The molecule has 0 heterocycles. The molecule has 0 N–H and O–H groups in total. The van der Waals surface area contributed by atoms with Gasteiger partial charge in [0.25, 0.3) is 0 Å². The SMILES string of the molecule is Cc1cc(C)c(C)c([SiH](c2ccccc2)c2ccccc2)c1. The van der Waals surface area contributed by atoms with Gasteiger partial charge >= 0.3 is 0 Å². The van der Waals surface area contributed by atoms with Crippen molar-refractivity contribution >= 4 is 24.4 Å². The number of rotatable bonds is 3. The van der Waals surface area contributed by atoms with Gasteiger partial charge < -0.3 is 0 Å². The highest BCUT2D eigenvalue weighted by molar-refractivity contribution is 6.95. The standard InChI is InChI=1S/C21H22Si/c1-16-14-17(2)18(3)21(15-16)22(19-10-6-4-7-11-19)20-12-8-5-9-13-20/h4-15,22H,1-3H3. The molecule has 0 nitrogen and oxygen atoms in total. The summed E-state index contributed by atoms with van der Waals surface area (Å²) in [7, 11) is -1.40. The van der Waals surface area contributed by atoms with Crippen molar-refractivity contribution in [1.82, 2.24) is 0 Å². The van der Waals surface area contributed by atoms with Gasteiger partial charge in [-0.2, -0.15) is 0 Å². The molecule has 0 radical (unpaired) electrons. The fourth-order valence-corrected chi connectivity index (χ4v) is 6.62. The summed E-state index contributed by atoms with van der Waals surface area (Å²) in [6, 6.07) is 26.7. The fraction of sp³-hybridized carbons (Fsp3) is 0.143. The molecule has 3 aromatic rings. The lowest BCUT2D eigenvalue weighted by atomic mass is 10.1. The lowest BCUT2D eigenvalue weighted by molar-refractivity contribution is 1.32. The monoisotopic (exact) mass is 302 g/mol. The van der Waals surface area contributed by atoms with Crippen LogP contribution in [0.5, 0.6) is 0 Å². The summed E-state index contributed by atoms with van der Waals surface area (Å²) in [6.07, 6.45) is 0. The molecule has 1 heteroatoms. The minimum atomic E-state index is -1.40. The van der Waals surface area contributed by atoms with E-state index in [2.05, 4.69) is 93.6 Å². The maximum absolute atomic E-state index is 2.40. The largest absolute Gasteiger partial charge is 0.133 e. The van der Waals surface area contributed by atoms with Crippen molar-refractivity contribution in [2.45, 2.75) is 20.8 Å². The zero-order valence-corrected chi connectivity index (χ0v) is 14.7. The van der Waals surface area contributed by atoms with Gasteiger partial charge in [-0.05, 0) is 37.1 Å².